The van der Waals surface area contributed by atoms with Gasteiger partial charge in [0.25, 0.3) is 0 Å². The average Bonchev–Trinajstić information content (AvgIpc) is 2.63. The fourth-order valence-corrected chi connectivity index (χ4v) is 0.777. The minimum absolute atomic E-state index is 0.0509. The topological polar surface area (TPSA) is 69.8 Å². The highest BCUT2D eigenvalue weighted by molar-refractivity contribution is 7.80. The molecule has 1 aromatic rings. The predicted molar refractivity (Wildman–Crippen MR) is 47.3 cm³/mol. The van der Waals surface area contributed by atoms with Crippen LogP contribution in [0.15, 0.2) is 18.7 Å². The van der Waals surface area contributed by atoms with Crippen LogP contribution in [-0.2, 0) is 4.79 Å². The predicted octanol–water partition coefficient (Wildman–Crippen LogP) is -0.600. The molecule has 0 radical (unpaired) electrons. The number of thiocarbonyl (C=S) groups is 1. The molecule has 0 spiro atoms. The highest BCUT2D eigenvalue weighted by atomic mass is 32.1. The zero-order valence-corrected chi connectivity index (χ0v) is 7.02. The van der Waals surface area contributed by atoms with Crippen molar-refractivity contribution in [2.45, 2.75) is 0 Å². The monoisotopic (exact) mass is 184 g/mol. The van der Waals surface area contributed by atoms with Crippen LogP contribution in [0.5, 0.6) is 0 Å². The molecule has 2 heterocycles. The van der Waals surface area contributed by atoms with Crippen molar-refractivity contribution in [2.75, 3.05) is 6.54 Å². The first-order valence-corrected chi connectivity index (χ1v) is 3.70. The van der Waals surface area contributed by atoms with Gasteiger partial charge in [-0.1, -0.05) is 0 Å². The summed E-state index contributed by atoms with van der Waals surface area (Å²) in [6.07, 6.45) is 5.08. The van der Waals surface area contributed by atoms with Crippen molar-refractivity contribution < 1.29 is 4.79 Å². The molecule has 6 heteroatoms. The molecule has 1 saturated heterocycles. The number of H-pyrrole nitrogens is 1. The van der Waals surface area contributed by atoms with E-state index in [1.165, 1.54) is 0 Å². The van der Waals surface area contributed by atoms with E-state index < -0.39 is 0 Å². The van der Waals surface area contributed by atoms with Crippen LogP contribution in [-0.4, -0.2) is 27.5 Å². The minimum atomic E-state index is -0.0509. The zero-order chi connectivity index (χ0) is 8.81. The summed E-state index contributed by atoms with van der Waals surface area (Å²) >= 11 is 4.55. The molecule has 1 aliphatic rings. The Balaban J connectivity index is 0.000000127. The smallest absolute Gasteiger partial charge is 0.245 e. The number of aromatic nitrogens is 2. The summed E-state index contributed by atoms with van der Waals surface area (Å²) in [4.78, 5) is 16.6. The number of carbonyl (C=O) groups is 1. The fraction of sp³-hybridized carbons (Fsp3) is 0.167. The number of aromatic amines is 1. The maximum absolute atomic E-state index is 10.2. The first-order valence-electron chi connectivity index (χ1n) is 3.29. The summed E-state index contributed by atoms with van der Waals surface area (Å²) in [5, 5.41) is 5.47. The van der Waals surface area contributed by atoms with E-state index in [1.54, 1.807) is 18.7 Å². The van der Waals surface area contributed by atoms with Gasteiger partial charge < -0.3 is 15.6 Å². The summed E-state index contributed by atoms with van der Waals surface area (Å²) in [5.74, 6) is -0.0509. The van der Waals surface area contributed by atoms with Gasteiger partial charge >= 0.3 is 0 Å². The number of imidazole rings is 1. The van der Waals surface area contributed by atoms with Gasteiger partial charge in [-0.15, -0.1) is 0 Å². The first-order chi connectivity index (χ1) is 5.79. The Morgan fingerprint density at radius 1 is 1.58 bits per heavy atom. The molecule has 64 valence electrons. The van der Waals surface area contributed by atoms with Crippen molar-refractivity contribution in [3.8, 4) is 0 Å². The van der Waals surface area contributed by atoms with Crippen LogP contribution in [0.1, 0.15) is 0 Å². The summed E-state index contributed by atoms with van der Waals surface area (Å²) in [6, 6.07) is 0. The van der Waals surface area contributed by atoms with Crippen LogP contribution in [0.4, 0.5) is 0 Å². The maximum atomic E-state index is 10.2. The number of hydrogen-bond donors (Lipinski definition) is 3. The third-order valence-corrected chi connectivity index (χ3v) is 1.31. The van der Waals surface area contributed by atoms with Gasteiger partial charge in [0.1, 0.15) is 0 Å². The van der Waals surface area contributed by atoms with E-state index in [9.17, 15) is 4.79 Å². The van der Waals surface area contributed by atoms with Gasteiger partial charge in [-0.3, -0.25) is 4.79 Å². The Morgan fingerprint density at radius 3 is 2.58 bits per heavy atom. The second kappa shape index (κ2) is 4.45. The quantitative estimate of drug-likeness (QED) is 0.471. The molecule has 1 aliphatic heterocycles. The fourth-order valence-electron chi connectivity index (χ4n) is 0.591. The molecule has 0 aliphatic carbocycles. The number of hydrogen-bond acceptors (Lipinski definition) is 3. The largest absolute Gasteiger partial charge is 0.353 e. The molecule has 0 bridgehead atoms. The van der Waals surface area contributed by atoms with Crippen molar-refractivity contribution in [1.82, 2.24) is 20.6 Å². The molecular weight excluding hydrogens is 176 g/mol. The van der Waals surface area contributed by atoms with E-state index in [0.717, 1.165) is 0 Å². The third-order valence-electron chi connectivity index (χ3n) is 1.07. The normalized spacial score (nSPS) is 14.3. The highest BCUT2D eigenvalue weighted by Gasteiger charge is 2.10. The van der Waals surface area contributed by atoms with E-state index >= 15 is 0 Å². The van der Waals surface area contributed by atoms with Crippen molar-refractivity contribution in [3.05, 3.63) is 18.7 Å². The number of nitrogens with zero attached hydrogens (tertiary/aromatic N) is 1. The van der Waals surface area contributed by atoms with E-state index in [4.69, 9.17) is 0 Å². The summed E-state index contributed by atoms with van der Waals surface area (Å²) < 4.78 is 0. The third kappa shape index (κ3) is 3.11. The standard InChI is InChI=1S/C3H4N2OS.C3H4N2/c6-2-1-4-3(7)5-2;1-2-5-3-4-1/h1H2,(H2,4,5,6,7);1-3H,(H,4,5). The van der Waals surface area contributed by atoms with Gasteiger partial charge in [0.15, 0.2) is 5.11 Å². The molecule has 0 saturated carbocycles. The Kier molecular flexibility index (Phi) is 3.21. The van der Waals surface area contributed by atoms with E-state index in [1.807, 2.05) is 0 Å². The van der Waals surface area contributed by atoms with Gasteiger partial charge in [-0.2, -0.15) is 0 Å². The maximum Gasteiger partial charge on any atom is 0.245 e. The lowest BCUT2D eigenvalue weighted by molar-refractivity contribution is -0.117. The van der Waals surface area contributed by atoms with Crippen LogP contribution < -0.4 is 10.6 Å². The lowest BCUT2D eigenvalue weighted by Crippen LogP contribution is -2.21. The molecule has 5 nitrogen and oxygen atoms in total. The van der Waals surface area contributed by atoms with E-state index in [-0.39, 0.29) is 5.91 Å². The SMILES string of the molecule is O=C1CNC(=S)N1.c1c[nH]cn1. The zero-order valence-electron chi connectivity index (χ0n) is 6.20. The van der Waals surface area contributed by atoms with E-state index in [0.29, 0.717) is 11.7 Å². The lowest BCUT2D eigenvalue weighted by Gasteiger charge is -1.83. The van der Waals surface area contributed by atoms with Gasteiger partial charge in [-0.25, -0.2) is 4.98 Å². The molecule has 3 N–H and O–H groups in total. The molecule has 0 atom stereocenters. The van der Waals surface area contributed by atoms with Crippen molar-refractivity contribution in [3.63, 3.8) is 0 Å². The molecule has 1 amide bonds. The van der Waals surface area contributed by atoms with Crippen LogP contribution in [0.2, 0.25) is 0 Å². The van der Waals surface area contributed by atoms with Crippen molar-refractivity contribution >= 4 is 23.2 Å². The summed E-state index contributed by atoms with van der Waals surface area (Å²) in [7, 11) is 0. The molecule has 0 unspecified atom stereocenters. The Labute approximate surface area is 74.6 Å². The lowest BCUT2D eigenvalue weighted by atomic mass is 10.7. The van der Waals surface area contributed by atoms with Crippen LogP contribution in [0.25, 0.3) is 0 Å². The second-order valence-corrected chi connectivity index (χ2v) is 2.40. The van der Waals surface area contributed by atoms with Crippen molar-refractivity contribution in [1.29, 1.82) is 0 Å². The Bertz CT molecular complexity index is 227. The Hall–Kier alpha value is -1.43. The molecule has 0 aromatic carbocycles. The van der Waals surface area contributed by atoms with Gasteiger partial charge in [0, 0.05) is 12.4 Å². The van der Waals surface area contributed by atoms with Gasteiger partial charge in [0.05, 0.1) is 12.9 Å². The molecule has 12 heavy (non-hydrogen) atoms. The van der Waals surface area contributed by atoms with Crippen LogP contribution in [0, 0.1) is 0 Å². The Morgan fingerprint density at radius 2 is 2.42 bits per heavy atom. The molecular formula is C6H8N4OS. The number of carbonyl (C=O) groups excluding carboxylic acids is 1. The number of nitrogens with one attached hydrogen (secondary N) is 3. The number of amides is 1. The summed E-state index contributed by atoms with van der Waals surface area (Å²) in [5.41, 5.74) is 0. The number of rotatable bonds is 0. The summed E-state index contributed by atoms with van der Waals surface area (Å²) in [6.45, 7) is 0.332. The van der Waals surface area contributed by atoms with Crippen LogP contribution in [0.3, 0.4) is 0 Å². The molecule has 2 rings (SSSR count). The van der Waals surface area contributed by atoms with Crippen LogP contribution >= 0.6 is 12.2 Å². The van der Waals surface area contributed by atoms with Gasteiger partial charge in [0.2, 0.25) is 5.91 Å². The first kappa shape index (κ1) is 8.66. The van der Waals surface area contributed by atoms with Crippen molar-refractivity contribution in [2.24, 2.45) is 0 Å². The van der Waals surface area contributed by atoms with E-state index in [2.05, 4.69) is 32.8 Å². The minimum Gasteiger partial charge on any atom is -0.353 e. The van der Waals surface area contributed by atoms with Gasteiger partial charge in [-0.05, 0) is 12.2 Å². The molecule has 1 aromatic heterocycles. The highest BCUT2D eigenvalue weighted by Crippen LogP contribution is 1.75. The molecule has 1 fully saturated rings. The average molecular weight is 184 g/mol. The second-order valence-electron chi connectivity index (χ2n) is 1.99.